The van der Waals surface area contributed by atoms with Gasteiger partial charge in [0.05, 0.1) is 5.69 Å². The smallest absolute Gasteiger partial charge is 0.371 e. The first-order chi connectivity index (χ1) is 7.66. The molecule has 0 aliphatic carbocycles. The topological polar surface area (TPSA) is 72.6 Å². The number of aromatic carboxylic acids is 1. The Kier molecular flexibility index (Phi) is 2.59. The molecule has 0 amide bonds. The molecule has 5 heteroatoms. The quantitative estimate of drug-likeness (QED) is 0.858. The molecule has 0 saturated heterocycles. The van der Waals surface area contributed by atoms with Gasteiger partial charge in [-0.2, -0.15) is 0 Å². The Hall–Kier alpha value is -2.30. The summed E-state index contributed by atoms with van der Waals surface area (Å²) in [5.41, 5.74) is 0.704. The number of rotatable bonds is 3. The fourth-order valence-electron chi connectivity index (χ4n) is 1.18. The van der Waals surface area contributed by atoms with Crippen molar-refractivity contribution in [3.63, 3.8) is 0 Å². The molecule has 0 fully saturated rings. The van der Waals surface area contributed by atoms with Crippen LogP contribution in [0.3, 0.4) is 0 Å². The van der Waals surface area contributed by atoms with E-state index in [1.807, 2.05) is 0 Å². The van der Waals surface area contributed by atoms with Gasteiger partial charge < -0.3 is 14.3 Å². The molecule has 0 aliphatic heterocycles. The molecule has 1 N–H and O–H groups in total. The van der Waals surface area contributed by atoms with Gasteiger partial charge in [0.25, 0.3) is 5.95 Å². The van der Waals surface area contributed by atoms with Gasteiger partial charge in [-0.05, 0) is 25.1 Å². The summed E-state index contributed by atoms with van der Waals surface area (Å²) in [5, 5.41) is 8.66. The SMILES string of the molecule is Cc1ncccc1Oc1ccc(C(=O)O)o1. The Morgan fingerprint density at radius 1 is 1.44 bits per heavy atom. The Balaban J connectivity index is 2.21. The third kappa shape index (κ3) is 2.03. The molecular weight excluding hydrogens is 210 g/mol. The van der Waals surface area contributed by atoms with Gasteiger partial charge in [0, 0.05) is 12.3 Å². The van der Waals surface area contributed by atoms with Gasteiger partial charge in [-0.3, -0.25) is 4.98 Å². The van der Waals surface area contributed by atoms with Crippen LogP contribution < -0.4 is 4.74 Å². The largest absolute Gasteiger partial charge is 0.475 e. The van der Waals surface area contributed by atoms with E-state index in [1.165, 1.54) is 12.1 Å². The monoisotopic (exact) mass is 219 g/mol. The number of carboxylic acids is 1. The second-order valence-electron chi connectivity index (χ2n) is 3.11. The second kappa shape index (κ2) is 4.06. The highest BCUT2D eigenvalue weighted by molar-refractivity contribution is 5.84. The van der Waals surface area contributed by atoms with E-state index in [-0.39, 0.29) is 11.7 Å². The first kappa shape index (κ1) is 10.2. The van der Waals surface area contributed by atoms with Crippen LogP contribution >= 0.6 is 0 Å². The van der Waals surface area contributed by atoms with Crippen LogP contribution in [0, 0.1) is 6.92 Å². The first-order valence-corrected chi connectivity index (χ1v) is 4.59. The van der Waals surface area contributed by atoms with E-state index >= 15 is 0 Å². The zero-order valence-corrected chi connectivity index (χ0v) is 8.51. The zero-order chi connectivity index (χ0) is 11.5. The second-order valence-corrected chi connectivity index (χ2v) is 3.11. The molecule has 0 bridgehead atoms. The third-order valence-electron chi connectivity index (χ3n) is 1.96. The maximum Gasteiger partial charge on any atom is 0.371 e. The molecule has 2 heterocycles. The molecule has 0 saturated carbocycles. The van der Waals surface area contributed by atoms with Gasteiger partial charge in [-0.15, -0.1) is 0 Å². The molecule has 0 aromatic carbocycles. The van der Waals surface area contributed by atoms with Gasteiger partial charge in [0.1, 0.15) is 0 Å². The maximum absolute atomic E-state index is 10.6. The van der Waals surface area contributed by atoms with E-state index < -0.39 is 5.97 Å². The summed E-state index contributed by atoms with van der Waals surface area (Å²) in [6.45, 7) is 1.79. The van der Waals surface area contributed by atoms with Crippen LogP contribution in [-0.4, -0.2) is 16.1 Å². The summed E-state index contributed by atoms with van der Waals surface area (Å²) in [4.78, 5) is 14.6. The molecule has 82 valence electrons. The van der Waals surface area contributed by atoms with Gasteiger partial charge >= 0.3 is 5.97 Å². The highest BCUT2D eigenvalue weighted by Gasteiger charge is 2.11. The van der Waals surface area contributed by atoms with Crippen molar-refractivity contribution in [2.75, 3.05) is 0 Å². The number of aryl methyl sites for hydroxylation is 1. The van der Waals surface area contributed by atoms with E-state index in [2.05, 4.69) is 4.98 Å². The minimum Gasteiger partial charge on any atom is -0.475 e. The van der Waals surface area contributed by atoms with E-state index in [4.69, 9.17) is 14.3 Å². The summed E-state index contributed by atoms with van der Waals surface area (Å²) < 4.78 is 10.3. The van der Waals surface area contributed by atoms with Crippen LogP contribution in [0.5, 0.6) is 11.7 Å². The first-order valence-electron chi connectivity index (χ1n) is 4.59. The number of ether oxygens (including phenoxy) is 1. The lowest BCUT2D eigenvalue weighted by molar-refractivity contribution is 0.0657. The lowest BCUT2D eigenvalue weighted by Gasteiger charge is -2.03. The number of carbonyl (C=O) groups is 1. The maximum atomic E-state index is 10.6. The number of aromatic nitrogens is 1. The van der Waals surface area contributed by atoms with Crippen LogP contribution in [0.2, 0.25) is 0 Å². The minimum absolute atomic E-state index is 0.133. The number of pyridine rings is 1. The average molecular weight is 219 g/mol. The highest BCUT2D eigenvalue weighted by atomic mass is 16.6. The average Bonchev–Trinajstić information content (AvgIpc) is 2.70. The summed E-state index contributed by atoms with van der Waals surface area (Å²) in [7, 11) is 0. The summed E-state index contributed by atoms with van der Waals surface area (Å²) in [6.07, 6.45) is 1.65. The van der Waals surface area contributed by atoms with E-state index in [1.54, 1.807) is 25.3 Å². The van der Waals surface area contributed by atoms with Crippen molar-refractivity contribution in [2.45, 2.75) is 6.92 Å². The van der Waals surface area contributed by atoms with Crippen LogP contribution in [0.15, 0.2) is 34.9 Å². The summed E-state index contributed by atoms with van der Waals surface area (Å²) >= 11 is 0. The van der Waals surface area contributed by atoms with Gasteiger partial charge in [0.2, 0.25) is 5.76 Å². The molecule has 0 aliphatic rings. The van der Waals surface area contributed by atoms with E-state index in [0.29, 0.717) is 11.4 Å². The molecule has 5 nitrogen and oxygen atoms in total. The van der Waals surface area contributed by atoms with Gasteiger partial charge in [0.15, 0.2) is 5.75 Å². The van der Waals surface area contributed by atoms with Gasteiger partial charge in [-0.25, -0.2) is 4.79 Å². The van der Waals surface area contributed by atoms with E-state index in [0.717, 1.165) is 0 Å². The summed E-state index contributed by atoms with van der Waals surface area (Å²) in [5.74, 6) is -0.614. The number of hydrogen-bond acceptors (Lipinski definition) is 4. The van der Waals surface area contributed by atoms with Crippen molar-refractivity contribution >= 4 is 5.97 Å². The number of carboxylic acid groups (broad SMARTS) is 1. The molecular formula is C11H9NO4. The molecule has 16 heavy (non-hydrogen) atoms. The normalized spacial score (nSPS) is 10.1. The molecule has 0 atom stereocenters. The molecule has 0 radical (unpaired) electrons. The van der Waals surface area contributed by atoms with Crippen LogP contribution in [0.25, 0.3) is 0 Å². The van der Waals surface area contributed by atoms with Crippen molar-refractivity contribution in [3.8, 4) is 11.7 Å². The van der Waals surface area contributed by atoms with Gasteiger partial charge in [-0.1, -0.05) is 0 Å². The van der Waals surface area contributed by atoms with Crippen molar-refractivity contribution < 1.29 is 19.1 Å². The zero-order valence-electron chi connectivity index (χ0n) is 8.51. The van der Waals surface area contributed by atoms with Crippen molar-refractivity contribution in [1.82, 2.24) is 4.98 Å². The van der Waals surface area contributed by atoms with Crippen LogP contribution in [-0.2, 0) is 0 Å². The highest BCUT2D eigenvalue weighted by Crippen LogP contribution is 2.25. The van der Waals surface area contributed by atoms with Crippen molar-refractivity contribution in [1.29, 1.82) is 0 Å². The van der Waals surface area contributed by atoms with Crippen LogP contribution in [0.4, 0.5) is 0 Å². The van der Waals surface area contributed by atoms with Crippen LogP contribution in [0.1, 0.15) is 16.2 Å². The standard InChI is InChI=1S/C11H9NO4/c1-7-8(3-2-6-12-7)15-10-5-4-9(16-10)11(13)14/h2-6H,1H3,(H,13,14). The lowest BCUT2D eigenvalue weighted by atomic mass is 10.3. The van der Waals surface area contributed by atoms with Crippen molar-refractivity contribution in [3.05, 3.63) is 41.9 Å². The third-order valence-corrected chi connectivity index (χ3v) is 1.96. The molecule has 2 aromatic rings. The Bertz CT molecular complexity index is 518. The minimum atomic E-state index is -1.13. The lowest BCUT2D eigenvalue weighted by Crippen LogP contribution is -1.92. The fraction of sp³-hybridized carbons (Fsp3) is 0.0909. The Morgan fingerprint density at radius 3 is 2.88 bits per heavy atom. The Labute approximate surface area is 91.3 Å². The number of hydrogen-bond donors (Lipinski definition) is 1. The predicted molar refractivity (Wildman–Crippen MR) is 54.7 cm³/mol. The molecule has 0 unspecified atom stereocenters. The Morgan fingerprint density at radius 2 is 2.25 bits per heavy atom. The molecule has 0 spiro atoms. The predicted octanol–water partition coefficient (Wildman–Crippen LogP) is 2.47. The summed E-state index contributed by atoms with van der Waals surface area (Å²) in [6, 6.07) is 6.24. The molecule has 2 rings (SSSR count). The number of nitrogens with zero attached hydrogens (tertiary/aromatic N) is 1. The van der Waals surface area contributed by atoms with E-state index in [9.17, 15) is 4.79 Å². The fourth-order valence-corrected chi connectivity index (χ4v) is 1.18. The van der Waals surface area contributed by atoms with Crippen molar-refractivity contribution in [2.24, 2.45) is 0 Å². The molecule has 2 aromatic heterocycles. The number of furan rings is 1.